The monoisotopic (exact) mass is 720 g/mol. The van der Waals surface area contributed by atoms with Gasteiger partial charge in [0.15, 0.2) is 0 Å². The van der Waals surface area contributed by atoms with E-state index in [0.717, 1.165) is 34.1 Å². The quantitative estimate of drug-likeness (QED) is 0.154. The molecule has 0 atom stereocenters. The summed E-state index contributed by atoms with van der Waals surface area (Å²) in [7, 11) is 0. The van der Waals surface area contributed by atoms with Gasteiger partial charge in [-0.2, -0.15) is 0 Å². The molecule has 2 heteroatoms. The van der Waals surface area contributed by atoms with E-state index in [2.05, 4.69) is 232 Å². The summed E-state index contributed by atoms with van der Waals surface area (Å²) in [6.07, 6.45) is 0. The Labute approximate surface area is 330 Å². The van der Waals surface area contributed by atoms with E-state index in [4.69, 9.17) is 0 Å². The Hall–Kier alpha value is -6.90. The van der Waals surface area contributed by atoms with Gasteiger partial charge in [-0.3, -0.25) is 0 Å². The number of hydrogen-bond donors (Lipinski definition) is 0. The number of anilines is 6. The summed E-state index contributed by atoms with van der Waals surface area (Å²) >= 11 is 0. The first-order chi connectivity index (χ1) is 27.3. The number of aryl methyl sites for hydroxylation is 4. The average molecular weight is 721 g/mol. The van der Waals surface area contributed by atoms with Crippen LogP contribution in [0.3, 0.4) is 0 Å². The highest BCUT2D eigenvalue weighted by molar-refractivity contribution is 5.91. The van der Waals surface area contributed by atoms with E-state index in [0.29, 0.717) is 0 Å². The normalized spacial score (nSPS) is 11.2. The molecule has 270 valence electrons. The zero-order valence-corrected chi connectivity index (χ0v) is 32.4. The van der Waals surface area contributed by atoms with Crippen LogP contribution in [0.25, 0.3) is 43.8 Å². The van der Waals surface area contributed by atoms with Crippen LogP contribution in [0.2, 0.25) is 0 Å². The number of fused-ring (bicyclic) bond motifs is 2. The van der Waals surface area contributed by atoms with Crippen molar-refractivity contribution < 1.29 is 0 Å². The molecule has 0 fully saturated rings. The van der Waals surface area contributed by atoms with Crippen LogP contribution in [0, 0.1) is 27.7 Å². The smallest absolute Gasteiger partial charge is 0.0468 e. The third kappa shape index (κ3) is 7.06. The minimum Gasteiger partial charge on any atom is -0.310 e. The van der Waals surface area contributed by atoms with Crippen molar-refractivity contribution in [3.63, 3.8) is 0 Å². The van der Waals surface area contributed by atoms with Crippen molar-refractivity contribution in [1.29, 1.82) is 0 Å². The zero-order chi connectivity index (χ0) is 38.2. The lowest BCUT2D eigenvalue weighted by molar-refractivity contribution is 1.26. The van der Waals surface area contributed by atoms with E-state index < -0.39 is 0 Å². The second-order valence-corrected chi connectivity index (χ2v) is 15.1. The van der Waals surface area contributed by atoms with Crippen LogP contribution in [-0.4, -0.2) is 0 Å². The summed E-state index contributed by atoms with van der Waals surface area (Å²) in [5.41, 5.74) is 16.6. The predicted octanol–water partition coefficient (Wildman–Crippen LogP) is 15.5. The van der Waals surface area contributed by atoms with E-state index in [1.165, 1.54) is 66.1 Å². The Morgan fingerprint density at radius 3 is 0.857 bits per heavy atom. The van der Waals surface area contributed by atoms with Crippen molar-refractivity contribution in [2.75, 3.05) is 9.80 Å². The van der Waals surface area contributed by atoms with Crippen molar-refractivity contribution in [2.45, 2.75) is 27.7 Å². The molecule has 9 rings (SSSR count). The molecule has 0 amide bonds. The molecule has 0 unspecified atom stereocenters. The summed E-state index contributed by atoms with van der Waals surface area (Å²) in [4.78, 5) is 4.73. The Balaban J connectivity index is 1.000. The highest BCUT2D eigenvalue weighted by atomic mass is 15.1. The molecule has 0 saturated heterocycles. The van der Waals surface area contributed by atoms with Gasteiger partial charge in [0.2, 0.25) is 0 Å². The van der Waals surface area contributed by atoms with Gasteiger partial charge in [0, 0.05) is 34.1 Å². The SMILES string of the molecule is Cc1cc(C)cc(N(c2ccc(-c3ccc(-c4ccc(N(c5cc(C)cc(C)c5)c5ccc6ccccc6c5)cc4)cc3)cc2)c2ccc3ccccc3c2)c1. The van der Waals surface area contributed by atoms with Gasteiger partial charge in [0.1, 0.15) is 0 Å². The highest BCUT2D eigenvalue weighted by Crippen LogP contribution is 2.40. The zero-order valence-electron chi connectivity index (χ0n) is 32.4. The summed E-state index contributed by atoms with van der Waals surface area (Å²) in [5.74, 6) is 0. The fourth-order valence-electron chi connectivity index (χ4n) is 8.15. The van der Waals surface area contributed by atoms with Gasteiger partial charge in [0.05, 0.1) is 0 Å². The van der Waals surface area contributed by atoms with Gasteiger partial charge < -0.3 is 9.80 Å². The highest BCUT2D eigenvalue weighted by Gasteiger charge is 2.16. The molecule has 2 nitrogen and oxygen atoms in total. The average Bonchev–Trinajstić information content (AvgIpc) is 3.21. The molecular formula is C54H44N2. The molecule has 0 radical (unpaired) electrons. The summed E-state index contributed by atoms with van der Waals surface area (Å²) in [6.45, 7) is 8.68. The topological polar surface area (TPSA) is 6.48 Å². The number of nitrogens with zero attached hydrogens (tertiary/aromatic N) is 2. The molecule has 9 aromatic carbocycles. The molecule has 0 aliphatic heterocycles. The number of benzene rings is 9. The lowest BCUT2D eigenvalue weighted by Crippen LogP contribution is -2.10. The molecule has 0 bridgehead atoms. The Morgan fingerprint density at radius 2 is 0.518 bits per heavy atom. The van der Waals surface area contributed by atoms with Gasteiger partial charge in [0.25, 0.3) is 0 Å². The molecule has 56 heavy (non-hydrogen) atoms. The lowest BCUT2D eigenvalue weighted by atomic mass is 9.99. The molecule has 0 spiro atoms. The minimum absolute atomic E-state index is 1.13. The molecule has 0 saturated carbocycles. The van der Waals surface area contributed by atoms with Gasteiger partial charge in [-0.15, -0.1) is 0 Å². The predicted molar refractivity (Wildman–Crippen MR) is 241 cm³/mol. The molecule has 0 aliphatic carbocycles. The van der Waals surface area contributed by atoms with Crippen LogP contribution >= 0.6 is 0 Å². The summed E-state index contributed by atoms with van der Waals surface area (Å²) in [5, 5.41) is 4.95. The second-order valence-electron chi connectivity index (χ2n) is 15.1. The molecular weight excluding hydrogens is 677 g/mol. The van der Waals surface area contributed by atoms with Crippen molar-refractivity contribution in [1.82, 2.24) is 0 Å². The van der Waals surface area contributed by atoms with Crippen LogP contribution in [0.5, 0.6) is 0 Å². The van der Waals surface area contributed by atoms with Crippen LogP contribution in [0.1, 0.15) is 22.3 Å². The first-order valence-corrected chi connectivity index (χ1v) is 19.4. The molecule has 0 heterocycles. The van der Waals surface area contributed by atoms with Crippen LogP contribution in [0.4, 0.5) is 34.1 Å². The van der Waals surface area contributed by atoms with Crippen molar-refractivity contribution in [3.05, 3.63) is 216 Å². The third-order valence-electron chi connectivity index (χ3n) is 10.7. The third-order valence-corrected chi connectivity index (χ3v) is 10.7. The van der Waals surface area contributed by atoms with Gasteiger partial charge in [-0.25, -0.2) is 0 Å². The fraction of sp³-hybridized carbons (Fsp3) is 0.0741. The lowest BCUT2D eigenvalue weighted by Gasteiger charge is -2.27. The van der Waals surface area contributed by atoms with E-state index in [1.54, 1.807) is 0 Å². The second kappa shape index (κ2) is 14.7. The summed E-state index contributed by atoms with van der Waals surface area (Å²) < 4.78 is 0. The fourth-order valence-corrected chi connectivity index (χ4v) is 8.15. The van der Waals surface area contributed by atoms with E-state index in [1.807, 2.05) is 0 Å². The maximum Gasteiger partial charge on any atom is 0.0468 e. The Morgan fingerprint density at radius 1 is 0.232 bits per heavy atom. The van der Waals surface area contributed by atoms with Gasteiger partial charge in [-0.05, 0) is 167 Å². The molecule has 0 aliphatic rings. The number of rotatable bonds is 8. The molecule has 9 aromatic rings. The van der Waals surface area contributed by atoms with Crippen LogP contribution in [0.15, 0.2) is 194 Å². The van der Waals surface area contributed by atoms with Crippen molar-refractivity contribution >= 4 is 55.7 Å². The largest absolute Gasteiger partial charge is 0.310 e. The van der Waals surface area contributed by atoms with Crippen molar-refractivity contribution in [3.8, 4) is 22.3 Å². The molecule has 0 N–H and O–H groups in total. The maximum absolute atomic E-state index is 2.37. The molecule has 0 aromatic heterocycles. The van der Waals surface area contributed by atoms with Crippen LogP contribution in [-0.2, 0) is 0 Å². The van der Waals surface area contributed by atoms with E-state index in [9.17, 15) is 0 Å². The van der Waals surface area contributed by atoms with Gasteiger partial charge in [-0.1, -0.05) is 121 Å². The van der Waals surface area contributed by atoms with Gasteiger partial charge >= 0.3 is 0 Å². The minimum atomic E-state index is 1.13. The Kier molecular flexibility index (Phi) is 9.17. The van der Waals surface area contributed by atoms with E-state index >= 15 is 0 Å². The number of hydrogen-bond acceptors (Lipinski definition) is 2. The first kappa shape index (κ1) is 34.8. The first-order valence-electron chi connectivity index (χ1n) is 19.4. The van der Waals surface area contributed by atoms with Crippen molar-refractivity contribution in [2.24, 2.45) is 0 Å². The maximum atomic E-state index is 2.37. The Bertz CT molecular complexity index is 2590. The standard InChI is InChI=1S/C54H44N2/c1-37-29-38(2)32-53(31-37)55(51-27-21-41-9-5-7-11-47(41)35-51)49-23-17-45(18-24-49)43-13-15-44(16-14-43)46-19-25-50(26-20-46)56(54-33-39(3)30-40(4)34-54)52-28-22-42-10-6-8-12-48(42)36-52/h5-36H,1-4H3. The summed E-state index contributed by atoms with van der Waals surface area (Å²) in [6, 6.07) is 71.0. The van der Waals surface area contributed by atoms with E-state index in [-0.39, 0.29) is 0 Å². The van der Waals surface area contributed by atoms with Crippen LogP contribution < -0.4 is 9.80 Å².